The maximum atomic E-state index is 12.3. The Labute approximate surface area is 179 Å². The average molecular weight is 457 g/mol. The molecule has 3 aromatic rings. The molecule has 2 N–H and O–H groups in total. The van der Waals surface area contributed by atoms with Gasteiger partial charge in [-0.2, -0.15) is 13.2 Å². The van der Waals surface area contributed by atoms with E-state index in [1.807, 2.05) is 30.0 Å². The van der Waals surface area contributed by atoms with Crippen LogP contribution in [0.4, 0.5) is 18.9 Å². The Balaban J connectivity index is 1.54. The van der Waals surface area contributed by atoms with E-state index in [4.69, 9.17) is 11.6 Å². The molecule has 10 heteroatoms. The summed E-state index contributed by atoms with van der Waals surface area (Å²) in [4.78, 5) is 4.47. The molecule has 1 aliphatic rings. The molecular weight excluding hydrogens is 441 g/mol. The highest BCUT2D eigenvalue weighted by molar-refractivity contribution is 8.02. The van der Waals surface area contributed by atoms with Crippen molar-refractivity contribution in [2.24, 2.45) is 7.05 Å². The summed E-state index contributed by atoms with van der Waals surface area (Å²) in [5, 5.41) is 6.88. The number of thioether (sulfide) groups is 1. The molecule has 0 spiro atoms. The third kappa shape index (κ3) is 4.17. The second-order valence-corrected chi connectivity index (χ2v) is 8.78. The van der Waals surface area contributed by atoms with Crippen LogP contribution in [0.15, 0.2) is 41.9 Å². The Hall–Kier alpha value is -1.97. The van der Waals surface area contributed by atoms with Gasteiger partial charge in [0.15, 0.2) is 0 Å². The third-order valence-electron chi connectivity index (χ3n) is 4.64. The van der Waals surface area contributed by atoms with E-state index in [1.165, 1.54) is 6.07 Å². The molecule has 1 aliphatic heterocycles. The molecule has 1 atom stereocenters. The lowest BCUT2D eigenvalue weighted by atomic mass is 10.1. The van der Waals surface area contributed by atoms with E-state index in [9.17, 15) is 13.2 Å². The number of hydrogen-bond acceptors (Lipinski definition) is 5. The van der Waals surface area contributed by atoms with Crippen molar-refractivity contribution in [3.8, 4) is 0 Å². The van der Waals surface area contributed by atoms with Crippen LogP contribution < -0.4 is 10.0 Å². The first-order valence-corrected chi connectivity index (χ1v) is 10.7. The molecule has 0 bridgehead atoms. The zero-order valence-electron chi connectivity index (χ0n) is 15.3. The van der Waals surface area contributed by atoms with Crippen molar-refractivity contribution in [3.63, 3.8) is 0 Å². The zero-order valence-corrected chi connectivity index (χ0v) is 17.7. The molecule has 1 aromatic carbocycles. The molecule has 1 unspecified atom stereocenters. The van der Waals surface area contributed by atoms with Crippen LogP contribution in [0.5, 0.6) is 0 Å². The summed E-state index contributed by atoms with van der Waals surface area (Å²) >= 11 is 7.64. The summed E-state index contributed by atoms with van der Waals surface area (Å²) in [5.74, 6) is 0. The third-order valence-corrected chi connectivity index (χ3v) is 6.54. The highest BCUT2D eigenvalue weighted by atomic mass is 35.5. The van der Waals surface area contributed by atoms with Crippen molar-refractivity contribution >= 4 is 57.7 Å². The molecule has 2 aromatic heterocycles. The number of nitrogens with zero attached hydrogens (tertiary/aromatic N) is 2. The molecule has 0 saturated heterocycles. The molecule has 0 saturated carbocycles. The first-order valence-electron chi connectivity index (χ1n) is 8.57. The number of fused-ring (bicyclic) bond motifs is 1. The number of halogens is 4. The minimum absolute atomic E-state index is 0.00745. The summed E-state index contributed by atoms with van der Waals surface area (Å²) in [7, 11) is 1.99. The molecule has 0 radical (unpaired) electrons. The number of benzene rings is 1. The van der Waals surface area contributed by atoms with Gasteiger partial charge in [0.05, 0.1) is 22.7 Å². The summed E-state index contributed by atoms with van der Waals surface area (Å²) in [6, 6.07) is 8.88. The number of alkyl halides is 3. The molecule has 0 aliphatic carbocycles. The number of pyridine rings is 1. The van der Waals surface area contributed by atoms with Gasteiger partial charge in [0.2, 0.25) is 0 Å². The second-order valence-electron chi connectivity index (χ2n) is 6.52. The van der Waals surface area contributed by atoms with Gasteiger partial charge in [-0.3, -0.25) is 0 Å². The highest BCUT2D eigenvalue weighted by Crippen LogP contribution is 2.42. The lowest BCUT2D eigenvalue weighted by Crippen LogP contribution is -2.13. The SMILES string of the molecule is Cc1cc2c(C3NC(c4ccc(NSC(F)(F)F)cc4Cl)=CS3)ccnc2n1C. The fourth-order valence-corrected chi connectivity index (χ4v) is 4.80. The largest absolute Gasteiger partial charge is 0.461 e. The minimum Gasteiger partial charge on any atom is -0.368 e. The van der Waals surface area contributed by atoms with Gasteiger partial charge in [-0.25, -0.2) is 4.98 Å². The molecule has 3 heterocycles. The number of aryl methyl sites for hydroxylation is 2. The topological polar surface area (TPSA) is 41.9 Å². The van der Waals surface area contributed by atoms with Gasteiger partial charge in [-0.05, 0) is 48.2 Å². The van der Waals surface area contributed by atoms with E-state index in [0.29, 0.717) is 10.7 Å². The van der Waals surface area contributed by atoms with Crippen molar-refractivity contribution in [3.05, 3.63) is 63.8 Å². The Bertz CT molecular complexity index is 1110. The van der Waals surface area contributed by atoms with Crippen LogP contribution in [-0.4, -0.2) is 15.1 Å². The molecule has 0 amide bonds. The van der Waals surface area contributed by atoms with Crippen molar-refractivity contribution in [2.45, 2.75) is 17.8 Å². The first-order chi connectivity index (χ1) is 13.7. The summed E-state index contributed by atoms with van der Waals surface area (Å²) < 4.78 is 41.4. The van der Waals surface area contributed by atoms with Crippen LogP contribution in [0.1, 0.15) is 22.2 Å². The normalized spacial score (nSPS) is 16.8. The number of nitrogens with one attached hydrogen (secondary N) is 2. The van der Waals surface area contributed by atoms with E-state index in [0.717, 1.165) is 33.6 Å². The Kier molecular flexibility index (Phi) is 5.39. The van der Waals surface area contributed by atoms with E-state index < -0.39 is 5.51 Å². The number of rotatable bonds is 4. The summed E-state index contributed by atoms with van der Waals surface area (Å²) in [6.45, 7) is 2.04. The van der Waals surface area contributed by atoms with Crippen LogP contribution in [0.25, 0.3) is 16.7 Å². The maximum Gasteiger partial charge on any atom is 0.461 e. The van der Waals surface area contributed by atoms with Gasteiger partial charge in [0, 0.05) is 35.6 Å². The van der Waals surface area contributed by atoms with Gasteiger partial charge < -0.3 is 14.6 Å². The van der Waals surface area contributed by atoms with E-state index in [1.54, 1.807) is 30.1 Å². The van der Waals surface area contributed by atoms with E-state index in [2.05, 4.69) is 21.1 Å². The second kappa shape index (κ2) is 7.70. The highest BCUT2D eigenvalue weighted by Gasteiger charge is 2.29. The van der Waals surface area contributed by atoms with Crippen molar-refractivity contribution in [2.75, 3.05) is 4.72 Å². The number of aromatic nitrogens is 2. The van der Waals surface area contributed by atoms with Crippen molar-refractivity contribution < 1.29 is 13.2 Å². The van der Waals surface area contributed by atoms with Crippen molar-refractivity contribution in [1.82, 2.24) is 14.9 Å². The van der Waals surface area contributed by atoms with Crippen LogP contribution in [-0.2, 0) is 7.05 Å². The summed E-state index contributed by atoms with van der Waals surface area (Å²) in [5.41, 5.74) is 0.656. The minimum atomic E-state index is -4.36. The predicted octanol–water partition coefficient (Wildman–Crippen LogP) is 6.45. The lowest BCUT2D eigenvalue weighted by molar-refractivity contribution is -0.0323. The van der Waals surface area contributed by atoms with Gasteiger partial charge in [0.25, 0.3) is 0 Å². The zero-order chi connectivity index (χ0) is 20.8. The van der Waals surface area contributed by atoms with Gasteiger partial charge in [0.1, 0.15) is 11.0 Å². The average Bonchev–Trinajstić information content (AvgIpc) is 3.25. The van der Waals surface area contributed by atoms with Gasteiger partial charge >= 0.3 is 5.51 Å². The quantitative estimate of drug-likeness (QED) is 0.441. The number of anilines is 1. The van der Waals surface area contributed by atoms with Gasteiger partial charge in [-0.15, -0.1) is 11.8 Å². The first kappa shape index (κ1) is 20.3. The molecule has 152 valence electrons. The van der Waals surface area contributed by atoms with E-state index in [-0.39, 0.29) is 17.3 Å². The number of hydrogen-bond donors (Lipinski definition) is 2. The fraction of sp³-hybridized carbons (Fsp3) is 0.211. The van der Waals surface area contributed by atoms with Crippen LogP contribution >= 0.6 is 35.3 Å². The van der Waals surface area contributed by atoms with Crippen LogP contribution in [0.2, 0.25) is 5.02 Å². The monoisotopic (exact) mass is 456 g/mol. The van der Waals surface area contributed by atoms with Crippen LogP contribution in [0, 0.1) is 6.92 Å². The molecule has 29 heavy (non-hydrogen) atoms. The molecular formula is C19H16ClF3N4S2. The molecule has 0 fully saturated rings. The van der Waals surface area contributed by atoms with Crippen molar-refractivity contribution in [1.29, 1.82) is 0 Å². The van der Waals surface area contributed by atoms with Gasteiger partial charge in [-0.1, -0.05) is 11.6 Å². The standard InChI is InChI=1S/C19H16ClF3N4S2/c1-10-7-14-12(5-6-24-17(14)27(10)2)18-25-16(9-28-18)13-4-3-11(8-15(13)20)26-29-19(21,22)23/h3-9,18,25-26H,1-2H3. The fourth-order valence-electron chi connectivity index (χ4n) is 3.14. The van der Waals surface area contributed by atoms with E-state index >= 15 is 0 Å². The Morgan fingerprint density at radius 3 is 2.79 bits per heavy atom. The maximum absolute atomic E-state index is 12.3. The molecule has 4 rings (SSSR count). The smallest absolute Gasteiger partial charge is 0.368 e. The lowest BCUT2D eigenvalue weighted by Gasteiger charge is -2.16. The Morgan fingerprint density at radius 2 is 2.07 bits per heavy atom. The Morgan fingerprint density at radius 1 is 1.28 bits per heavy atom. The van der Waals surface area contributed by atoms with Crippen LogP contribution in [0.3, 0.4) is 0 Å². The predicted molar refractivity (Wildman–Crippen MR) is 116 cm³/mol. The summed E-state index contributed by atoms with van der Waals surface area (Å²) in [6.07, 6.45) is 1.79. The molecule has 4 nitrogen and oxygen atoms in total.